The number of benzene rings is 4. The van der Waals surface area contributed by atoms with Crippen molar-refractivity contribution in [2.75, 3.05) is 14.2 Å². The lowest BCUT2D eigenvalue weighted by Crippen LogP contribution is -2.42. The molecule has 0 saturated carbocycles. The van der Waals surface area contributed by atoms with Crippen molar-refractivity contribution in [3.05, 3.63) is 120 Å². The number of hydrogen-bond donors (Lipinski definition) is 0. The summed E-state index contributed by atoms with van der Waals surface area (Å²) in [5.74, 6) is 0.979. The molecule has 30 heavy (non-hydrogen) atoms. The minimum Gasteiger partial charge on any atom is -0.497 e. The maximum atomic E-state index is 6.37. The van der Waals surface area contributed by atoms with Gasteiger partial charge < -0.3 is 4.74 Å². The van der Waals surface area contributed by atoms with Crippen LogP contribution in [0, 0.1) is 0 Å². The quantitative estimate of drug-likeness (QED) is 0.358. The van der Waals surface area contributed by atoms with Crippen molar-refractivity contribution < 1.29 is 9.57 Å². The average Bonchev–Trinajstić information content (AvgIpc) is 2.83. The second kappa shape index (κ2) is 7.45. The largest absolute Gasteiger partial charge is 0.497 e. The van der Waals surface area contributed by atoms with Crippen LogP contribution in [0.1, 0.15) is 22.6 Å². The van der Waals surface area contributed by atoms with Crippen molar-refractivity contribution in [2.24, 2.45) is 0 Å². The van der Waals surface area contributed by atoms with Crippen molar-refractivity contribution in [2.45, 2.75) is 5.92 Å². The molecule has 3 heteroatoms. The van der Waals surface area contributed by atoms with Crippen LogP contribution in [0.5, 0.6) is 5.75 Å². The van der Waals surface area contributed by atoms with E-state index in [1.54, 1.807) is 14.2 Å². The van der Waals surface area contributed by atoms with Crippen LogP contribution in [0.15, 0.2) is 103 Å². The predicted octanol–water partition coefficient (Wildman–Crippen LogP) is 6.72. The van der Waals surface area contributed by atoms with Gasteiger partial charge in [0.05, 0.1) is 14.2 Å². The normalized spacial score (nSPS) is 19.6. The highest BCUT2D eigenvalue weighted by Crippen LogP contribution is 2.56. The summed E-state index contributed by atoms with van der Waals surface area (Å²) in [7, 11) is 3.46. The van der Waals surface area contributed by atoms with E-state index >= 15 is 0 Å². The fourth-order valence-electron chi connectivity index (χ4n) is 4.71. The zero-order chi connectivity index (χ0) is 20.6. The Labute approximate surface area is 177 Å². The second-order valence-corrected chi connectivity index (χ2v) is 7.45. The molecule has 0 amide bonds. The fourth-order valence-corrected chi connectivity index (χ4v) is 4.71. The summed E-state index contributed by atoms with van der Waals surface area (Å²) in [6, 6.07) is 36.0. The van der Waals surface area contributed by atoms with Crippen LogP contribution in [-0.4, -0.2) is 14.2 Å². The van der Waals surface area contributed by atoms with E-state index < -0.39 is 0 Å². The van der Waals surface area contributed by atoms with Crippen molar-refractivity contribution in [1.82, 2.24) is 4.65 Å². The van der Waals surface area contributed by atoms with E-state index in [1.807, 2.05) is 12.1 Å². The van der Waals surface area contributed by atoms with E-state index in [9.17, 15) is 0 Å². The maximum Gasteiger partial charge on any atom is 0.180 e. The van der Waals surface area contributed by atoms with Gasteiger partial charge in [-0.15, -0.1) is 0 Å². The first-order chi connectivity index (χ1) is 14.8. The molecule has 0 saturated heterocycles. The molecule has 4 aromatic rings. The van der Waals surface area contributed by atoms with Gasteiger partial charge in [0.2, 0.25) is 0 Å². The molecule has 0 spiro atoms. The van der Waals surface area contributed by atoms with Crippen LogP contribution in [0.2, 0.25) is 0 Å². The molecular weight excluding hydrogens is 370 g/mol. The molecule has 1 aliphatic rings. The number of methoxy groups -OCH3 is 1. The molecule has 0 fully saturated rings. The summed E-state index contributed by atoms with van der Waals surface area (Å²) in [6.45, 7) is 0. The summed E-state index contributed by atoms with van der Waals surface area (Å²) >= 11 is 0. The smallest absolute Gasteiger partial charge is 0.180 e. The Balaban J connectivity index is 1.83. The van der Waals surface area contributed by atoms with Gasteiger partial charge in [-0.05, 0) is 17.7 Å². The summed E-state index contributed by atoms with van der Waals surface area (Å²) in [5.41, 5.74) is 7.06. The molecule has 0 bridgehead atoms. The van der Waals surface area contributed by atoms with Gasteiger partial charge in [0.1, 0.15) is 5.75 Å². The molecule has 148 valence electrons. The first kappa shape index (κ1) is 18.6. The highest BCUT2D eigenvalue weighted by atomic mass is 16.7. The Bertz CT molecular complexity index is 1120. The van der Waals surface area contributed by atoms with Gasteiger partial charge in [-0.25, -0.2) is 0 Å². The van der Waals surface area contributed by atoms with Gasteiger partial charge in [0.25, 0.3) is 0 Å². The number of rotatable bonds is 4. The highest BCUT2D eigenvalue weighted by molar-refractivity contribution is 5.79. The van der Waals surface area contributed by atoms with Gasteiger partial charge in [-0.2, -0.15) is 4.84 Å². The average molecular weight is 394 g/mol. The van der Waals surface area contributed by atoms with Crippen LogP contribution >= 0.6 is 0 Å². The Morgan fingerprint density at radius 2 is 1.13 bits per heavy atom. The molecule has 0 N–H and O–H groups in total. The van der Waals surface area contributed by atoms with Gasteiger partial charge in [0.15, 0.2) is 17.1 Å². The second-order valence-electron chi connectivity index (χ2n) is 7.45. The molecular formula is C27H24NO2+. The number of quaternary nitrogens is 1. The Kier molecular flexibility index (Phi) is 4.62. The summed E-state index contributed by atoms with van der Waals surface area (Å²) < 4.78 is 5.60. The zero-order valence-electron chi connectivity index (χ0n) is 17.2. The summed E-state index contributed by atoms with van der Waals surface area (Å²) in [6.07, 6.45) is 0. The number of hydrogen-bond acceptors (Lipinski definition) is 2. The van der Waals surface area contributed by atoms with Crippen molar-refractivity contribution in [3.63, 3.8) is 0 Å². The molecule has 0 aliphatic carbocycles. The van der Waals surface area contributed by atoms with Crippen LogP contribution in [-0.2, 0) is 4.84 Å². The Morgan fingerprint density at radius 3 is 1.67 bits per heavy atom. The van der Waals surface area contributed by atoms with E-state index in [4.69, 9.17) is 9.57 Å². The molecule has 1 heterocycles. The monoisotopic (exact) mass is 394 g/mol. The molecule has 0 aromatic heterocycles. The summed E-state index contributed by atoms with van der Waals surface area (Å²) in [5, 5.41) is 0. The number of fused-ring (bicyclic) bond motifs is 2. The van der Waals surface area contributed by atoms with Crippen LogP contribution in [0.3, 0.4) is 0 Å². The molecule has 1 aliphatic heterocycles. The topological polar surface area (TPSA) is 18.5 Å². The van der Waals surface area contributed by atoms with Crippen molar-refractivity contribution >= 4 is 17.1 Å². The van der Waals surface area contributed by atoms with E-state index in [-0.39, 0.29) is 10.6 Å². The van der Waals surface area contributed by atoms with E-state index in [0.717, 1.165) is 22.8 Å². The van der Waals surface area contributed by atoms with E-state index in [2.05, 4.69) is 91.0 Å². The molecule has 4 aromatic carbocycles. The van der Waals surface area contributed by atoms with Crippen LogP contribution in [0.25, 0.3) is 0 Å². The Morgan fingerprint density at radius 1 is 0.600 bits per heavy atom. The fraction of sp³-hybridized carbons (Fsp3) is 0.111. The lowest BCUT2D eigenvalue weighted by Gasteiger charge is -2.41. The third kappa shape index (κ3) is 2.67. The first-order valence-electron chi connectivity index (χ1n) is 10.1. The third-order valence-electron chi connectivity index (χ3n) is 6.02. The van der Waals surface area contributed by atoms with Gasteiger partial charge in [-0.3, -0.25) is 0 Å². The van der Waals surface area contributed by atoms with Crippen molar-refractivity contribution in [1.29, 1.82) is 0 Å². The number of ether oxygens (including phenoxy) is 1. The molecule has 0 atom stereocenters. The molecule has 0 radical (unpaired) electrons. The lowest BCUT2D eigenvalue weighted by atomic mass is 9.80. The van der Waals surface area contributed by atoms with Crippen LogP contribution < -0.4 is 9.38 Å². The van der Waals surface area contributed by atoms with Gasteiger partial charge in [-0.1, -0.05) is 71.4 Å². The lowest BCUT2D eigenvalue weighted by molar-refractivity contribution is -0.0246. The molecule has 5 rings (SSSR count). The minimum atomic E-state index is 0.151. The maximum absolute atomic E-state index is 6.37. The zero-order valence-corrected chi connectivity index (χ0v) is 17.2. The number of nitrogens with zero attached hydrogens (tertiary/aromatic N) is 1. The van der Waals surface area contributed by atoms with Crippen LogP contribution in [0.4, 0.5) is 17.1 Å². The van der Waals surface area contributed by atoms with Gasteiger partial charge >= 0.3 is 0 Å². The van der Waals surface area contributed by atoms with E-state index in [1.165, 1.54) is 16.7 Å². The van der Waals surface area contributed by atoms with E-state index in [0.29, 0.717) is 0 Å². The van der Waals surface area contributed by atoms with Crippen molar-refractivity contribution in [3.8, 4) is 5.75 Å². The highest BCUT2D eigenvalue weighted by Gasteiger charge is 2.48. The number of para-hydroxylation sites is 2. The standard InChI is InChI=1S/C27H24NO2/c1-29-22-18-16-21(17-19-22)28(30-2)25-14-8-6-12-23(25)27(20-10-4-3-5-11-20)24-13-7-9-15-26(24)28/h3-19,27H,1-2H3/q+1. The molecule has 3 nitrogen and oxygen atoms in total. The third-order valence-corrected chi connectivity index (χ3v) is 6.02. The Hall–Kier alpha value is -3.40. The minimum absolute atomic E-state index is 0.151. The predicted molar refractivity (Wildman–Crippen MR) is 121 cm³/mol. The molecule has 0 unspecified atom stereocenters. The SMILES string of the molecule is COc1ccc([N+]2(OC)c3ccccc3C(c3ccccc3)c3ccccc32)cc1. The van der Waals surface area contributed by atoms with Gasteiger partial charge in [0, 0.05) is 41.3 Å². The first-order valence-corrected chi connectivity index (χ1v) is 10.1. The summed E-state index contributed by atoms with van der Waals surface area (Å²) in [4.78, 5) is 6.37.